The monoisotopic (exact) mass is 184 g/mol. The molecule has 0 aromatic heterocycles. The fourth-order valence-electron chi connectivity index (χ4n) is 1.65. The average Bonchev–Trinajstić information content (AvgIpc) is 2.02. The lowest BCUT2D eigenvalue weighted by Crippen LogP contribution is -2.38. The van der Waals surface area contributed by atoms with Gasteiger partial charge in [-0.2, -0.15) is 0 Å². The van der Waals surface area contributed by atoms with Crippen LogP contribution in [0.25, 0.3) is 0 Å². The molecule has 1 saturated carbocycles. The van der Waals surface area contributed by atoms with Crippen LogP contribution in [0.15, 0.2) is 11.8 Å². The molecule has 1 aliphatic rings. The van der Waals surface area contributed by atoms with E-state index in [0.29, 0.717) is 6.61 Å². The minimum atomic E-state index is -0.305. The minimum Gasteiger partial charge on any atom is -0.504 e. The maximum Gasteiger partial charge on any atom is 0.312 e. The molecule has 0 aromatic rings. The molecule has 3 heteroatoms. The molecule has 0 aromatic carbocycles. The number of hydrogen-bond donors (Lipinski definition) is 0. The van der Waals surface area contributed by atoms with Crippen LogP contribution in [-0.4, -0.2) is 19.7 Å². The van der Waals surface area contributed by atoms with Crippen LogP contribution in [0.4, 0.5) is 0 Å². The Morgan fingerprint density at radius 2 is 2.23 bits per heavy atom. The summed E-state index contributed by atoms with van der Waals surface area (Å²) in [6.07, 6.45) is 3.24. The van der Waals surface area contributed by atoms with Crippen molar-refractivity contribution in [3.8, 4) is 0 Å². The largest absolute Gasteiger partial charge is 0.504 e. The lowest BCUT2D eigenvalue weighted by molar-refractivity contribution is -0.156. The van der Waals surface area contributed by atoms with Gasteiger partial charge in [0.2, 0.25) is 0 Å². The van der Waals surface area contributed by atoms with E-state index in [-0.39, 0.29) is 11.4 Å². The molecule has 3 nitrogen and oxygen atoms in total. The molecule has 1 aliphatic carbocycles. The van der Waals surface area contributed by atoms with E-state index >= 15 is 0 Å². The van der Waals surface area contributed by atoms with Gasteiger partial charge in [0, 0.05) is 0 Å². The van der Waals surface area contributed by atoms with Gasteiger partial charge < -0.3 is 9.47 Å². The van der Waals surface area contributed by atoms with Gasteiger partial charge in [0.25, 0.3) is 0 Å². The highest BCUT2D eigenvalue weighted by atomic mass is 16.5. The van der Waals surface area contributed by atoms with E-state index in [1.807, 2.05) is 13.8 Å². The zero-order valence-electron chi connectivity index (χ0n) is 8.42. The zero-order valence-corrected chi connectivity index (χ0v) is 8.42. The maximum absolute atomic E-state index is 11.4. The van der Waals surface area contributed by atoms with Crippen molar-refractivity contribution in [2.75, 3.05) is 13.7 Å². The fourth-order valence-corrected chi connectivity index (χ4v) is 1.65. The van der Waals surface area contributed by atoms with Crippen LogP contribution in [0.3, 0.4) is 0 Å². The summed E-state index contributed by atoms with van der Waals surface area (Å²) in [7, 11) is 1.62. The smallest absolute Gasteiger partial charge is 0.312 e. The number of esters is 1. The molecular formula is C10H16O3. The highest BCUT2D eigenvalue weighted by Gasteiger charge is 2.44. The number of hydrogen-bond acceptors (Lipinski definition) is 3. The third-order valence-corrected chi connectivity index (χ3v) is 2.29. The molecule has 0 saturated heterocycles. The third kappa shape index (κ3) is 2.02. The number of methoxy groups -OCH3 is 1. The predicted molar refractivity (Wildman–Crippen MR) is 49.1 cm³/mol. The average molecular weight is 184 g/mol. The molecule has 0 bridgehead atoms. The van der Waals surface area contributed by atoms with E-state index in [1.54, 1.807) is 13.4 Å². The first-order valence-corrected chi connectivity index (χ1v) is 4.50. The van der Waals surface area contributed by atoms with Crippen molar-refractivity contribution in [3.63, 3.8) is 0 Å². The molecular weight excluding hydrogens is 168 g/mol. The SMILES string of the molecule is CCOC(=O)C1(C)CC(=COC)C1. The Balaban J connectivity index is 2.46. The van der Waals surface area contributed by atoms with Gasteiger partial charge in [-0.1, -0.05) is 0 Å². The van der Waals surface area contributed by atoms with E-state index < -0.39 is 0 Å². The highest BCUT2D eigenvalue weighted by Crippen LogP contribution is 2.45. The summed E-state index contributed by atoms with van der Waals surface area (Å²) in [6, 6.07) is 0. The second kappa shape index (κ2) is 3.81. The Bertz CT molecular complexity index is 222. The molecule has 1 fully saturated rings. The van der Waals surface area contributed by atoms with E-state index in [4.69, 9.17) is 9.47 Å². The van der Waals surface area contributed by atoms with Crippen molar-refractivity contribution in [1.29, 1.82) is 0 Å². The van der Waals surface area contributed by atoms with Crippen molar-refractivity contribution in [3.05, 3.63) is 11.8 Å². The van der Waals surface area contributed by atoms with Crippen LogP contribution in [0, 0.1) is 5.41 Å². The van der Waals surface area contributed by atoms with Gasteiger partial charge in [0.1, 0.15) is 0 Å². The first kappa shape index (κ1) is 10.1. The van der Waals surface area contributed by atoms with Crippen LogP contribution < -0.4 is 0 Å². The van der Waals surface area contributed by atoms with E-state index in [2.05, 4.69) is 0 Å². The van der Waals surface area contributed by atoms with Crippen LogP contribution in [-0.2, 0) is 14.3 Å². The molecule has 0 N–H and O–H groups in total. The molecule has 0 atom stereocenters. The van der Waals surface area contributed by atoms with Gasteiger partial charge in [0.05, 0.1) is 25.4 Å². The summed E-state index contributed by atoms with van der Waals surface area (Å²) in [6.45, 7) is 4.21. The quantitative estimate of drug-likeness (QED) is 0.496. The number of carbonyl (C=O) groups is 1. The number of rotatable bonds is 3. The Labute approximate surface area is 78.7 Å². The van der Waals surface area contributed by atoms with E-state index in [0.717, 1.165) is 12.8 Å². The van der Waals surface area contributed by atoms with E-state index in [9.17, 15) is 4.79 Å². The fraction of sp³-hybridized carbons (Fsp3) is 0.700. The minimum absolute atomic E-state index is 0.0942. The lowest BCUT2D eigenvalue weighted by atomic mass is 9.67. The zero-order chi connectivity index (χ0) is 9.90. The second-order valence-corrected chi connectivity index (χ2v) is 3.65. The summed E-state index contributed by atoms with van der Waals surface area (Å²) in [5, 5.41) is 0. The summed E-state index contributed by atoms with van der Waals surface area (Å²) in [4.78, 5) is 11.4. The maximum atomic E-state index is 11.4. The van der Waals surface area contributed by atoms with Crippen molar-refractivity contribution >= 4 is 5.97 Å². The number of carbonyl (C=O) groups excluding carboxylic acids is 1. The summed E-state index contributed by atoms with van der Waals surface area (Å²) < 4.78 is 9.83. The van der Waals surface area contributed by atoms with Gasteiger partial charge in [-0.25, -0.2) is 0 Å². The molecule has 0 unspecified atom stereocenters. The van der Waals surface area contributed by atoms with Gasteiger partial charge in [-0.15, -0.1) is 0 Å². The standard InChI is InChI=1S/C10H16O3/c1-4-13-9(11)10(2)5-8(6-10)7-12-3/h7H,4-6H2,1-3H3. The van der Waals surface area contributed by atoms with Crippen molar-refractivity contribution in [2.45, 2.75) is 26.7 Å². The molecule has 0 heterocycles. The van der Waals surface area contributed by atoms with Crippen molar-refractivity contribution in [2.24, 2.45) is 5.41 Å². The molecule has 74 valence electrons. The Hall–Kier alpha value is -0.990. The normalized spacial score (nSPS) is 26.2. The number of allylic oxidation sites excluding steroid dienone is 1. The van der Waals surface area contributed by atoms with Gasteiger partial charge in [0.15, 0.2) is 0 Å². The predicted octanol–water partition coefficient (Wildman–Crippen LogP) is 1.88. The van der Waals surface area contributed by atoms with Gasteiger partial charge in [-0.05, 0) is 32.3 Å². The van der Waals surface area contributed by atoms with Crippen LogP contribution in [0.1, 0.15) is 26.7 Å². The summed E-state index contributed by atoms with van der Waals surface area (Å²) in [5.41, 5.74) is 0.874. The van der Waals surface area contributed by atoms with Crippen LogP contribution in [0.5, 0.6) is 0 Å². The number of ether oxygens (including phenoxy) is 2. The topological polar surface area (TPSA) is 35.5 Å². The lowest BCUT2D eigenvalue weighted by Gasteiger charge is -2.37. The second-order valence-electron chi connectivity index (χ2n) is 3.65. The molecule has 0 aliphatic heterocycles. The van der Waals surface area contributed by atoms with Crippen LogP contribution >= 0.6 is 0 Å². The first-order valence-electron chi connectivity index (χ1n) is 4.50. The Morgan fingerprint density at radius 1 is 1.62 bits per heavy atom. The van der Waals surface area contributed by atoms with Crippen molar-refractivity contribution < 1.29 is 14.3 Å². The molecule has 1 rings (SSSR count). The summed E-state index contributed by atoms with van der Waals surface area (Å²) in [5.74, 6) is -0.0942. The molecule has 13 heavy (non-hydrogen) atoms. The molecule has 0 amide bonds. The summed E-state index contributed by atoms with van der Waals surface area (Å²) >= 11 is 0. The van der Waals surface area contributed by atoms with E-state index in [1.165, 1.54) is 5.57 Å². The molecule has 0 radical (unpaired) electrons. The van der Waals surface area contributed by atoms with Gasteiger partial charge >= 0.3 is 5.97 Å². The molecule has 0 spiro atoms. The highest BCUT2D eigenvalue weighted by molar-refractivity contribution is 5.79. The van der Waals surface area contributed by atoms with Gasteiger partial charge in [-0.3, -0.25) is 4.79 Å². The first-order chi connectivity index (χ1) is 6.12. The van der Waals surface area contributed by atoms with Crippen molar-refractivity contribution in [1.82, 2.24) is 0 Å². The third-order valence-electron chi connectivity index (χ3n) is 2.29. The van der Waals surface area contributed by atoms with Crippen LogP contribution in [0.2, 0.25) is 0 Å². The Kier molecular flexibility index (Phi) is 2.96. The Morgan fingerprint density at radius 3 is 2.69 bits per heavy atom.